The highest BCUT2D eigenvalue weighted by Gasteiger charge is 2.38. The van der Waals surface area contributed by atoms with E-state index >= 15 is 0 Å². The van der Waals surface area contributed by atoms with Crippen LogP contribution >= 0.6 is 19.4 Å². The van der Waals surface area contributed by atoms with Gasteiger partial charge in [-0.3, -0.25) is 9.36 Å². The maximum absolute atomic E-state index is 13.9. The molecule has 0 spiro atoms. The molecule has 0 aromatic heterocycles. The molecule has 29 heavy (non-hydrogen) atoms. The lowest BCUT2D eigenvalue weighted by Crippen LogP contribution is -2.26. The quantitative estimate of drug-likeness (QED) is 0.187. The molecule has 1 rings (SSSR count). The van der Waals surface area contributed by atoms with E-state index in [9.17, 15) is 14.6 Å². The lowest BCUT2D eigenvalue weighted by molar-refractivity contribution is -0.114. The Morgan fingerprint density at radius 1 is 1.21 bits per heavy atom. The average Bonchev–Trinajstić information content (AvgIpc) is 2.71. The van der Waals surface area contributed by atoms with Crippen LogP contribution in [-0.4, -0.2) is 25.4 Å². The number of unbranched alkanes of at least 4 members (excludes halogenated alkanes) is 2. The van der Waals surface area contributed by atoms with Crippen LogP contribution in [0.2, 0.25) is 0 Å². The molecule has 0 saturated heterocycles. The molecule has 0 radical (unpaired) electrons. The van der Waals surface area contributed by atoms with Gasteiger partial charge in [-0.25, -0.2) is 0 Å². The number of carbonyl (C=O) groups is 1. The fourth-order valence-electron chi connectivity index (χ4n) is 2.41. The second kappa shape index (κ2) is 13.4. The van der Waals surface area contributed by atoms with Crippen molar-refractivity contribution in [1.82, 2.24) is 5.32 Å². The average molecular weight is 440 g/mol. The zero-order valence-electron chi connectivity index (χ0n) is 17.2. The van der Waals surface area contributed by atoms with Gasteiger partial charge in [-0.05, 0) is 24.7 Å². The first-order chi connectivity index (χ1) is 13.9. The van der Waals surface area contributed by atoms with Crippen LogP contribution in [0, 0.1) is 11.3 Å². The van der Waals surface area contributed by atoms with Crippen LogP contribution in [0.3, 0.4) is 0 Å². The second-order valence-electron chi connectivity index (χ2n) is 6.26. The van der Waals surface area contributed by atoms with Crippen LogP contribution in [0.4, 0.5) is 0 Å². The van der Waals surface area contributed by atoms with Crippen molar-refractivity contribution in [3.05, 3.63) is 46.5 Å². The van der Waals surface area contributed by atoms with Gasteiger partial charge >= 0.3 is 7.60 Å². The Morgan fingerprint density at radius 3 is 2.17 bits per heavy atom. The molecule has 0 aliphatic rings. The minimum atomic E-state index is -3.68. The van der Waals surface area contributed by atoms with Gasteiger partial charge in [-0.15, -0.1) is 11.8 Å². The third-order valence-electron chi connectivity index (χ3n) is 4.03. The van der Waals surface area contributed by atoms with E-state index in [0.717, 1.165) is 37.4 Å². The SMILES string of the molecule is CCCCOP(=O)(OCCCC)C(N/C(SC)=C(/C#N)C(N)=O)c1ccccc1. The third kappa shape index (κ3) is 7.87. The normalized spacial score (nSPS) is 13.3. The highest BCUT2D eigenvalue weighted by molar-refractivity contribution is 8.02. The Morgan fingerprint density at radius 2 is 1.76 bits per heavy atom. The van der Waals surface area contributed by atoms with Gasteiger partial charge in [0.1, 0.15) is 11.6 Å². The molecule has 1 amide bonds. The van der Waals surface area contributed by atoms with E-state index in [2.05, 4.69) is 5.32 Å². The highest BCUT2D eigenvalue weighted by Crippen LogP contribution is 2.60. The van der Waals surface area contributed by atoms with E-state index in [1.54, 1.807) is 18.4 Å². The molecular weight excluding hydrogens is 409 g/mol. The second-order valence-corrected chi connectivity index (χ2v) is 9.18. The Bertz CT molecular complexity index is 751. The molecule has 1 unspecified atom stereocenters. The molecule has 7 nitrogen and oxygen atoms in total. The summed E-state index contributed by atoms with van der Waals surface area (Å²) >= 11 is 1.14. The predicted octanol–water partition coefficient (Wildman–Crippen LogP) is 4.68. The Balaban J connectivity index is 3.41. The first-order valence-corrected chi connectivity index (χ1v) is 12.5. The maximum Gasteiger partial charge on any atom is 0.357 e. The molecule has 0 saturated carbocycles. The molecule has 0 aliphatic heterocycles. The van der Waals surface area contributed by atoms with Crippen LogP contribution in [-0.2, 0) is 18.4 Å². The fraction of sp³-hybridized carbons (Fsp3) is 0.500. The summed E-state index contributed by atoms with van der Waals surface area (Å²) in [4.78, 5) is 11.7. The summed E-state index contributed by atoms with van der Waals surface area (Å²) in [5.74, 6) is -1.74. The topological polar surface area (TPSA) is 114 Å². The first-order valence-electron chi connectivity index (χ1n) is 9.61. The van der Waals surface area contributed by atoms with Crippen molar-refractivity contribution in [3.8, 4) is 6.07 Å². The van der Waals surface area contributed by atoms with Gasteiger partial charge in [-0.2, -0.15) is 5.26 Å². The summed E-state index contributed by atoms with van der Waals surface area (Å²) in [6.45, 7) is 4.59. The monoisotopic (exact) mass is 439 g/mol. The molecular formula is C20H30N3O4PS. The van der Waals surface area contributed by atoms with Gasteiger partial charge in [0, 0.05) is 0 Å². The van der Waals surface area contributed by atoms with Gasteiger partial charge in [0.2, 0.25) is 0 Å². The minimum Gasteiger partial charge on any atom is -0.365 e. The van der Waals surface area contributed by atoms with E-state index in [0.29, 0.717) is 5.56 Å². The summed E-state index contributed by atoms with van der Waals surface area (Å²) in [7, 11) is -3.68. The number of amides is 1. The van der Waals surface area contributed by atoms with Crippen molar-refractivity contribution in [2.75, 3.05) is 19.5 Å². The van der Waals surface area contributed by atoms with Crippen molar-refractivity contribution in [1.29, 1.82) is 5.26 Å². The molecule has 1 aromatic carbocycles. The van der Waals surface area contributed by atoms with Crippen LogP contribution in [0.15, 0.2) is 40.9 Å². The zero-order chi connectivity index (χ0) is 21.7. The molecule has 0 heterocycles. The number of hydrogen-bond acceptors (Lipinski definition) is 7. The van der Waals surface area contributed by atoms with E-state index in [1.807, 2.05) is 38.1 Å². The summed E-state index contributed by atoms with van der Waals surface area (Å²) in [6, 6.07) is 10.9. The number of rotatable bonds is 14. The Labute approximate surface area is 177 Å². The predicted molar refractivity (Wildman–Crippen MR) is 117 cm³/mol. The van der Waals surface area contributed by atoms with Crippen molar-refractivity contribution in [3.63, 3.8) is 0 Å². The van der Waals surface area contributed by atoms with Crippen molar-refractivity contribution >= 4 is 25.3 Å². The lowest BCUT2D eigenvalue weighted by atomic mass is 10.2. The van der Waals surface area contributed by atoms with Gasteiger partial charge in [0.05, 0.1) is 18.2 Å². The van der Waals surface area contributed by atoms with E-state index in [-0.39, 0.29) is 23.8 Å². The summed E-state index contributed by atoms with van der Waals surface area (Å²) in [5.41, 5.74) is 5.77. The minimum absolute atomic E-state index is 0.229. The summed E-state index contributed by atoms with van der Waals surface area (Å²) < 4.78 is 25.4. The maximum atomic E-state index is 13.9. The van der Waals surface area contributed by atoms with Gasteiger partial charge in [0.25, 0.3) is 5.91 Å². The van der Waals surface area contributed by atoms with Gasteiger partial charge in [-0.1, -0.05) is 57.0 Å². The van der Waals surface area contributed by atoms with Crippen LogP contribution in [0.25, 0.3) is 0 Å². The molecule has 1 atom stereocenters. The Kier molecular flexibility index (Phi) is 11.7. The molecule has 0 fully saturated rings. The van der Waals surface area contributed by atoms with E-state index in [1.165, 1.54) is 0 Å². The number of thioether (sulfide) groups is 1. The molecule has 0 bridgehead atoms. The molecule has 3 N–H and O–H groups in total. The number of nitrogens with zero attached hydrogens (tertiary/aromatic N) is 1. The first kappa shape index (κ1) is 25.3. The third-order valence-corrected chi connectivity index (χ3v) is 6.90. The molecule has 160 valence electrons. The lowest BCUT2D eigenvalue weighted by Gasteiger charge is -2.29. The highest BCUT2D eigenvalue weighted by atomic mass is 32.2. The number of carbonyl (C=O) groups excluding carboxylic acids is 1. The van der Waals surface area contributed by atoms with Gasteiger partial charge in [0.15, 0.2) is 5.78 Å². The number of hydrogen-bond donors (Lipinski definition) is 2. The van der Waals surface area contributed by atoms with Crippen molar-refractivity contribution in [2.45, 2.75) is 45.3 Å². The van der Waals surface area contributed by atoms with Gasteiger partial charge < -0.3 is 20.1 Å². The number of benzene rings is 1. The number of nitrogens with one attached hydrogen (secondary N) is 1. The zero-order valence-corrected chi connectivity index (χ0v) is 18.9. The Hall–Kier alpha value is -1.78. The van der Waals surface area contributed by atoms with Crippen molar-refractivity contribution in [2.24, 2.45) is 5.73 Å². The molecule has 1 aromatic rings. The molecule has 0 aliphatic carbocycles. The fourth-order valence-corrected chi connectivity index (χ4v) is 5.05. The molecule has 9 heteroatoms. The summed E-state index contributed by atoms with van der Waals surface area (Å²) in [6.07, 6.45) is 4.94. The smallest absolute Gasteiger partial charge is 0.357 e. The number of primary amides is 1. The number of nitrogens with two attached hydrogens (primary N) is 1. The standard InChI is InChI=1S/C20H30N3O4PS/c1-4-6-13-26-28(25,27-14-7-5-2)19(16-11-9-8-10-12-16)23-20(29-3)17(15-21)18(22)24/h8-12,19,23H,4-7,13-14H2,1-3H3,(H2,22,24)/b20-17+. The van der Waals surface area contributed by atoms with Crippen LogP contribution in [0.1, 0.15) is 50.9 Å². The van der Waals surface area contributed by atoms with E-state index in [4.69, 9.17) is 14.8 Å². The largest absolute Gasteiger partial charge is 0.365 e. The van der Waals surface area contributed by atoms with E-state index < -0.39 is 19.3 Å². The van der Waals surface area contributed by atoms with Crippen LogP contribution < -0.4 is 11.1 Å². The van der Waals surface area contributed by atoms with Crippen LogP contribution in [0.5, 0.6) is 0 Å². The number of nitriles is 1. The van der Waals surface area contributed by atoms with Crippen molar-refractivity contribution < 1.29 is 18.4 Å². The summed E-state index contributed by atoms with van der Waals surface area (Å²) in [5, 5.41) is 12.6.